The molecule has 0 bridgehead atoms. The van der Waals surface area contributed by atoms with E-state index in [-0.39, 0.29) is 5.69 Å². The van der Waals surface area contributed by atoms with Crippen molar-refractivity contribution in [2.24, 2.45) is 0 Å². The molecule has 1 atom stereocenters. The van der Waals surface area contributed by atoms with Gasteiger partial charge in [0.05, 0.1) is 16.2 Å². The Morgan fingerprint density at radius 1 is 1.14 bits per heavy atom. The molecule has 0 saturated carbocycles. The molecular formula is C21H19N3O4. The zero-order chi connectivity index (χ0) is 19.7. The first-order valence-corrected chi connectivity index (χ1v) is 9.16. The standard InChI is InChI=1S/C21H19N3O4/c1-14(16-10-5-6-12-19(16)24(26)27)28-21(25)20-17-11-7-13-18(17)23(22-20)15-8-3-2-4-9-15/h2-6,8-10,12,14H,7,11,13H2,1H3. The lowest BCUT2D eigenvalue weighted by Crippen LogP contribution is -2.13. The lowest BCUT2D eigenvalue weighted by Gasteiger charge is -2.13. The molecule has 0 radical (unpaired) electrons. The molecule has 0 aliphatic heterocycles. The van der Waals surface area contributed by atoms with Crippen LogP contribution in [0.3, 0.4) is 0 Å². The molecule has 7 heteroatoms. The first kappa shape index (κ1) is 17.9. The SMILES string of the molecule is CC(OC(=O)c1nn(-c2ccccc2)c2c1CCC2)c1ccccc1[N+](=O)[O-]. The highest BCUT2D eigenvalue weighted by atomic mass is 16.6. The molecule has 4 rings (SSSR count). The van der Waals surface area contributed by atoms with Gasteiger partial charge < -0.3 is 4.74 Å². The summed E-state index contributed by atoms with van der Waals surface area (Å²) >= 11 is 0. The summed E-state index contributed by atoms with van der Waals surface area (Å²) in [6.45, 7) is 1.63. The smallest absolute Gasteiger partial charge is 0.359 e. The van der Waals surface area contributed by atoms with Gasteiger partial charge >= 0.3 is 5.97 Å². The number of rotatable bonds is 5. The van der Waals surface area contributed by atoms with Crippen molar-refractivity contribution in [2.45, 2.75) is 32.3 Å². The van der Waals surface area contributed by atoms with Gasteiger partial charge in [-0.15, -0.1) is 0 Å². The number of carbonyl (C=O) groups is 1. The van der Waals surface area contributed by atoms with Crippen molar-refractivity contribution in [1.29, 1.82) is 0 Å². The molecule has 3 aromatic rings. The number of esters is 1. The summed E-state index contributed by atoms with van der Waals surface area (Å²) in [5.74, 6) is -0.557. The molecule has 1 aromatic heterocycles. The average Bonchev–Trinajstić information content (AvgIpc) is 3.31. The molecule has 1 unspecified atom stereocenters. The minimum atomic E-state index is -0.756. The topological polar surface area (TPSA) is 87.3 Å². The van der Waals surface area contributed by atoms with E-state index in [1.165, 1.54) is 6.07 Å². The van der Waals surface area contributed by atoms with Crippen LogP contribution in [0.25, 0.3) is 5.69 Å². The van der Waals surface area contributed by atoms with Gasteiger partial charge in [-0.05, 0) is 44.4 Å². The molecule has 0 spiro atoms. The van der Waals surface area contributed by atoms with Crippen LogP contribution in [-0.2, 0) is 17.6 Å². The molecule has 2 aromatic carbocycles. The van der Waals surface area contributed by atoms with Gasteiger partial charge in [-0.2, -0.15) is 5.10 Å². The fourth-order valence-electron chi connectivity index (χ4n) is 3.66. The van der Waals surface area contributed by atoms with Crippen LogP contribution in [0, 0.1) is 10.1 Å². The Balaban J connectivity index is 1.64. The number of hydrogen-bond acceptors (Lipinski definition) is 5. The summed E-state index contributed by atoms with van der Waals surface area (Å²) in [6.07, 6.45) is 1.82. The third-order valence-corrected chi connectivity index (χ3v) is 4.98. The molecule has 0 N–H and O–H groups in total. The van der Waals surface area contributed by atoms with Gasteiger partial charge in [-0.1, -0.05) is 30.3 Å². The van der Waals surface area contributed by atoms with E-state index in [0.717, 1.165) is 36.2 Å². The minimum Gasteiger partial charge on any atom is -0.453 e. The highest BCUT2D eigenvalue weighted by Gasteiger charge is 2.30. The summed E-state index contributed by atoms with van der Waals surface area (Å²) in [5.41, 5.74) is 3.41. The van der Waals surface area contributed by atoms with Crippen LogP contribution in [-0.4, -0.2) is 20.7 Å². The molecular weight excluding hydrogens is 358 g/mol. The predicted octanol–water partition coefficient (Wildman–Crippen LogP) is 4.19. The lowest BCUT2D eigenvalue weighted by molar-refractivity contribution is -0.386. The maximum atomic E-state index is 12.8. The van der Waals surface area contributed by atoms with Gasteiger partial charge in [-0.3, -0.25) is 10.1 Å². The number of nitrogens with zero attached hydrogens (tertiary/aromatic N) is 3. The average molecular weight is 377 g/mol. The van der Waals surface area contributed by atoms with E-state index in [4.69, 9.17) is 4.74 Å². The van der Waals surface area contributed by atoms with Crippen LogP contribution in [0.4, 0.5) is 5.69 Å². The van der Waals surface area contributed by atoms with Gasteiger partial charge in [0.15, 0.2) is 5.69 Å². The molecule has 1 aliphatic carbocycles. The van der Waals surface area contributed by atoms with Gasteiger partial charge in [-0.25, -0.2) is 9.48 Å². The van der Waals surface area contributed by atoms with Crippen LogP contribution < -0.4 is 0 Å². The second-order valence-electron chi connectivity index (χ2n) is 6.74. The van der Waals surface area contributed by atoms with E-state index in [1.807, 2.05) is 30.3 Å². The largest absolute Gasteiger partial charge is 0.453 e. The molecule has 1 aliphatic rings. The maximum Gasteiger partial charge on any atom is 0.359 e. The number of hydrogen-bond donors (Lipinski definition) is 0. The van der Waals surface area contributed by atoms with Gasteiger partial charge in [0.2, 0.25) is 0 Å². The summed E-state index contributed by atoms with van der Waals surface area (Å²) in [5, 5.41) is 15.8. The summed E-state index contributed by atoms with van der Waals surface area (Å²) in [4.78, 5) is 23.6. The Bertz CT molecular complexity index is 1040. The van der Waals surface area contributed by atoms with E-state index < -0.39 is 17.0 Å². The fraction of sp³-hybridized carbons (Fsp3) is 0.238. The van der Waals surface area contributed by atoms with Crippen molar-refractivity contribution in [3.8, 4) is 5.69 Å². The predicted molar refractivity (Wildman–Crippen MR) is 103 cm³/mol. The van der Waals surface area contributed by atoms with Crippen molar-refractivity contribution in [2.75, 3.05) is 0 Å². The van der Waals surface area contributed by atoms with E-state index in [1.54, 1.807) is 29.8 Å². The van der Waals surface area contributed by atoms with Crippen molar-refractivity contribution in [3.05, 3.63) is 87.2 Å². The summed E-state index contributed by atoms with van der Waals surface area (Å²) < 4.78 is 7.37. The number of para-hydroxylation sites is 2. The van der Waals surface area contributed by atoms with E-state index >= 15 is 0 Å². The number of ether oxygens (including phenoxy) is 1. The van der Waals surface area contributed by atoms with Crippen LogP contribution in [0.1, 0.15) is 46.8 Å². The number of fused-ring (bicyclic) bond motifs is 1. The highest BCUT2D eigenvalue weighted by molar-refractivity contribution is 5.89. The van der Waals surface area contributed by atoms with Gasteiger partial charge in [0.1, 0.15) is 6.10 Å². The van der Waals surface area contributed by atoms with Gasteiger partial charge in [0, 0.05) is 17.3 Å². The van der Waals surface area contributed by atoms with Gasteiger partial charge in [0.25, 0.3) is 5.69 Å². The van der Waals surface area contributed by atoms with Crippen LogP contribution in [0.15, 0.2) is 54.6 Å². The molecule has 0 fully saturated rings. The number of aromatic nitrogens is 2. The Kier molecular flexibility index (Phi) is 4.65. The second-order valence-corrected chi connectivity index (χ2v) is 6.74. The monoisotopic (exact) mass is 377 g/mol. The zero-order valence-electron chi connectivity index (χ0n) is 15.4. The molecule has 0 saturated heterocycles. The number of nitro benzene ring substituents is 1. The zero-order valence-corrected chi connectivity index (χ0v) is 15.4. The molecule has 28 heavy (non-hydrogen) atoms. The maximum absolute atomic E-state index is 12.8. The Morgan fingerprint density at radius 2 is 1.86 bits per heavy atom. The lowest BCUT2D eigenvalue weighted by atomic mass is 10.1. The highest BCUT2D eigenvalue weighted by Crippen LogP contribution is 2.31. The van der Waals surface area contributed by atoms with E-state index in [2.05, 4.69) is 5.10 Å². The van der Waals surface area contributed by atoms with E-state index in [9.17, 15) is 14.9 Å². The molecule has 142 valence electrons. The number of carbonyl (C=O) groups excluding carboxylic acids is 1. The van der Waals surface area contributed by atoms with Crippen LogP contribution in [0.5, 0.6) is 0 Å². The third kappa shape index (κ3) is 3.15. The normalized spacial score (nSPS) is 13.8. The van der Waals surface area contributed by atoms with Crippen LogP contribution >= 0.6 is 0 Å². The Hall–Kier alpha value is -3.48. The summed E-state index contributed by atoms with van der Waals surface area (Å²) in [6, 6.07) is 15.9. The minimum absolute atomic E-state index is 0.0668. The number of benzene rings is 2. The van der Waals surface area contributed by atoms with Crippen molar-refractivity contribution in [1.82, 2.24) is 9.78 Å². The Labute approximate surface area is 161 Å². The molecule has 7 nitrogen and oxygen atoms in total. The third-order valence-electron chi connectivity index (χ3n) is 4.98. The van der Waals surface area contributed by atoms with Crippen molar-refractivity contribution < 1.29 is 14.5 Å². The van der Waals surface area contributed by atoms with Crippen LogP contribution in [0.2, 0.25) is 0 Å². The van der Waals surface area contributed by atoms with Crippen molar-refractivity contribution in [3.63, 3.8) is 0 Å². The summed E-state index contributed by atoms with van der Waals surface area (Å²) in [7, 11) is 0. The first-order chi connectivity index (χ1) is 13.6. The fourth-order valence-corrected chi connectivity index (χ4v) is 3.66. The quantitative estimate of drug-likeness (QED) is 0.378. The molecule has 1 heterocycles. The van der Waals surface area contributed by atoms with Crippen molar-refractivity contribution >= 4 is 11.7 Å². The first-order valence-electron chi connectivity index (χ1n) is 9.16. The number of nitro groups is 1. The second kappa shape index (κ2) is 7.26. The van der Waals surface area contributed by atoms with E-state index in [0.29, 0.717) is 11.3 Å². The molecule has 0 amide bonds. The Morgan fingerprint density at radius 3 is 2.61 bits per heavy atom.